The average molecular weight is 591 g/mol. The lowest BCUT2D eigenvalue weighted by Crippen LogP contribution is -2.16. The number of hydrogen-bond donors (Lipinski definition) is 1. The molecule has 0 saturated heterocycles. The van der Waals surface area contributed by atoms with Gasteiger partial charge in [0.05, 0.1) is 11.5 Å². The molecule has 0 bridgehead atoms. The van der Waals surface area contributed by atoms with Crippen LogP contribution in [0, 0.1) is 11.6 Å². The van der Waals surface area contributed by atoms with Crippen LogP contribution in [0.1, 0.15) is 17.3 Å². The third kappa shape index (κ3) is 5.59. The molecule has 11 heteroatoms. The van der Waals surface area contributed by atoms with Crippen molar-refractivity contribution in [1.29, 1.82) is 0 Å². The number of anilines is 1. The van der Waals surface area contributed by atoms with E-state index < -0.39 is 21.7 Å². The van der Waals surface area contributed by atoms with Crippen LogP contribution in [0.2, 0.25) is 0 Å². The van der Waals surface area contributed by atoms with Crippen LogP contribution in [0.4, 0.5) is 14.5 Å². The lowest BCUT2D eigenvalue weighted by Gasteiger charge is -2.18. The van der Waals surface area contributed by atoms with Crippen molar-refractivity contribution in [2.75, 3.05) is 11.3 Å². The maximum atomic E-state index is 14.5. The van der Waals surface area contributed by atoms with Crippen LogP contribution in [-0.2, 0) is 17.1 Å². The molecule has 0 saturated carbocycles. The fourth-order valence-corrected chi connectivity index (χ4v) is 5.74. The number of aryl methyl sites for hydroxylation is 1. The largest absolute Gasteiger partial charge is 0.493 e. The fraction of sp³-hybridized carbons (Fsp3) is 0.0968. The van der Waals surface area contributed by atoms with E-state index in [1.807, 2.05) is 0 Å². The number of carbonyl (C=O) groups is 1. The normalized spacial score (nSPS) is 11.3. The van der Waals surface area contributed by atoms with Crippen molar-refractivity contribution < 1.29 is 31.5 Å². The topological polar surface area (TPSA) is 104 Å². The Labute approximate surface area is 239 Å². The maximum Gasteiger partial charge on any atom is 0.262 e. The molecule has 0 aliphatic heterocycles. The van der Waals surface area contributed by atoms with Crippen LogP contribution in [0.5, 0.6) is 17.2 Å². The van der Waals surface area contributed by atoms with Gasteiger partial charge in [0.25, 0.3) is 15.6 Å². The molecule has 0 unspecified atom stereocenters. The Morgan fingerprint density at radius 1 is 0.905 bits per heavy atom. The molecule has 8 nitrogen and oxygen atoms in total. The van der Waals surface area contributed by atoms with Gasteiger partial charge in [0.15, 0.2) is 17.9 Å². The summed E-state index contributed by atoms with van der Waals surface area (Å²) in [5.74, 6) is -1.76. The number of hydrogen-bond acceptors (Lipinski definition) is 6. The van der Waals surface area contributed by atoms with Crippen LogP contribution in [0.25, 0.3) is 21.9 Å². The first kappa shape index (κ1) is 28.5. The number of nitrogens with one attached hydrogen (secondary N) is 1. The molecule has 1 aromatic heterocycles. The SMILES string of the molecule is CCOc1cc(=O)n(C)cc1-c1cc(NS(=O)(=O)c2ccc3ccccc3c2C=O)ccc1Oc1ccc(F)cc1F. The van der Waals surface area contributed by atoms with E-state index in [0.29, 0.717) is 28.7 Å². The maximum absolute atomic E-state index is 14.5. The summed E-state index contributed by atoms with van der Waals surface area (Å²) >= 11 is 0. The van der Waals surface area contributed by atoms with Crippen LogP contribution < -0.4 is 19.8 Å². The van der Waals surface area contributed by atoms with Crippen LogP contribution in [-0.4, -0.2) is 25.9 Å². The highest BCUT2D eigenvalue weighted by Crippen LogP contribution is 2.40. The Morgan fingerprint density at radius 2 is 1.67 bits per heavy atom. The molecule has 5 aromatic rings. The number of pyridine rings is 1. The molecule has 5 rings (SSSR count). The zero-order chi connectivity index (χ0) is 30.0. The van der Waals surface area contributed by atoms with E-state index in [1.54, 1.807) is 37.3 Å². The minimum Gasteiger partial charge on any atom is -0.493 e. The molecule has 0 aliphatic carbocycles. The first-order chi connectivity index (χ1) is 20.1. The summed E-state index contributed by atoms with van der Waals surface area (Å²) < 4.78 is 70.4. The summed E-state index contributed by atoms with van der Waals surface area (Å²) in [6, 6.07) is 18.2. The lowest BCUT2D eigenvalue weighted by atomic mass is 10.0. The van der Waals surface area contributed by atoms with Crippen molar-refractivity contribution in [1.82, 2.24) is 4.57 Å². The van der Waals surface area contributed by atoms with Gasteiger partial charge in [-0.2, -0.15) is 0 Å². The van der Waals surface area contributed by atoms with E-state index >= 15 is 0 Å². The van der Waals surface area contributed by atoms with E-state index in [1.165, 1.54) is 48.1 Å². The van der Waals surface area contributed by atoms with Crippen molar-refractivity contribution in [3.63, 3.8) is 0 Å². The van der Waals surface area contributed by atoms with Gasteiger partial charge in [-0.15, -0.1) is 0 Å². The highest BCUT2D eigenvalue weighted by Gasteiger charge is 2.23. The first-order valence-electron chi connectivity index (χ1n) is 12.7. The van der Waals surface area contributed by atoms with Gasteiger partial charge in [0.2, 0.25) is 0 Å². The fourth-order valence-electron chi connectivity index (χ4n) is 4.50. The monoisotopic (exact) mass is 590 g/mol. The van der Waals surface area contributed by atoms with Gasteiger partial charge >= 0.3 is 0 Å². The second-order valence-electron chi connectivity index (χ2n) is 9.24. The quantitative estimate of drug-likeness (QED) is 0.203. The minimum absolute atomic E-state index is 0.00394. The number of carbonyl (C=O) groups excluding carboxylic acids is 1. The van der Waals surface area contributed by atoms with E-state index in [2.05, 4.69) is 4.72 Å². The number of benzene rings is 4. The number of rotatable bonds is 9. The molecule has 0 amide bonds. The molecular weight excluding hydrogens is 566 g/mol. The molecule has 4 aromatic carbocycles. The van der Waals surface area contributed by atoms with Crippen molar-refractivity contribution >= 4 is 32.8 Å². The van der Waals surface area contributed by atoms with Gasteiger partial charge < -0.3 is 14.0 Å². The number of nitrogens with zero attached hydrogens (tertiary/aromatic N) is 1. The Balaban J connectivity index is 1.64. The van der Waals surface area contributed by atoms with Crippen LogP contribution in [0.15, 0.2) is 94.7 Å². The van der Waals surface area contributed by atoms with E-state index in [-0.39, 0.29) is 51.1 Å². The van der Waals surface area contributed by atoms with Crippen molar-refractivity contribution in [3.8, 4) is 28.4 Å². The minimum atomic E-state index is -4.28. The molecule has 0 spiro atoms. The van der Waals surface area contributed by atoms with Crippen molar-refractivity contribution in [3.05, 3.63) is 113 Å². The van der Waals surface area contributed by atoms with Gasteiger partial charge in [-0.05, 0) is 54.1 Å². The van der Waals surface area contributed by atoms with Crippen LogP contribution in [0.3, 0.4) is 0 Å². The Hall–Kier alpha value is -5.03. The number of aldehydes is 1. The van der Waals surface area contributed by atoms with Gasteiger partial charge in [0, 0.05) is 47.8 Å². The van der Waals surface area contributed by atoms with Gasteiger partial charge in [-0.1, -0.05) is 30.3 Å². The first-order valence-corrected chi connectivity index (χ1v) is 14.2. The molecule has 0 aliphatic rings. The number of halogens is 2. The van der Waals surface area contributed by atoms with Crippen molar-refractivity contribution in [2.45, 2.75) is 11.8 Å². The van der Waals surface area contributed by atoms with Crippen molar-refractivity contribution in [2.24, 2.45) is 7.05 Å². The molecular formula is C31H24F2N2O6S. The number of aromatic nitrogens is 1. The van der Waals surface area contributed by atoms with E-state index in [0.717, 1.165) is 12.1 Å². The molecule has 0 radical (unpaired) electrons. The highest BCUT2D eigenvalue weighted by molar-refractivity contribution is 7.92. The van der Waals surface area contributed by atoms with E-state index in [9.17, 15) is 26.8 Å². The summed E-state index contributed by atoms with van der Waals surface area (Å²) in [7, 11) is -2.75. The summed E-state index contributed by atoms with van der Waals surface area (Å²) in [6.45, 7) is 1.94. The highest BCUT2D eigenvalue weighted by atomic mass is 32.2. The van der Waals surface area contributed by atoms with Gasteiger partial charge in [-0.3, -0.25) is 14.3 Å². The number of sulfonamides is 1. The molecule has 1 heterocycles. The average Bonchev–Trinajstić information content (AvgIpc) is 2.96. The third-order valence-electron chi connectivity index (χ3n) is 6.46. The molecule has 1 N–H and O–H groups in total. The summed E-state index contributed by atoms with van der Waals surface area (Å²) in [5.41, 5.74) is 0.315. The molecule has 0 fully saturated rings. The number of fused-ring (bicyclic) bond motifs is 1. The predicted octanol–water partition coefficient (Wildman–Crippen LogP) is 6.29. The summed E-state index contributed by atoms with van der Waals surface area (Å²) in [6.07, 6.45) is 1.97. The Bertz CT molecular complexity index is 2010. The summed E-state index contributed by atoms with van der Waals surface area (Å²) in [5, 5.41) is 1.18. The predicted molar refractivity (Wildman–Crippen MR) is 155 cm³/mol. The van der Waals surface area contributed by atoms with Gasteiger partial charge in [0.1, 0.15) is 17.3 Å². The smallest absolute Gasteiger partial charge is 0.262 e. The second-order valence-corrected chi connectivity index (χ2v) is 10.9. The lowest BCUT2D eigenvalue weighted by molar-refractivity contribution is 0.112. The third-order valence-corrected chi connectivity index (χ3v) is 7.90. The van der Waals surface area contributed by atoms with Crippen LogP contribution >= 0.6 is 0 Å². The standard InChI is InChI=1S/C31H24F2N2O6S/c1-3-40-29-16-31(37)35(2)17-24(29)23-15-21(10-12-27(23)41-28-11-9-20(32)14-26(28)33)34-42(38,39)30-13-8-19-6-4-5-7-22(19)25(30)18-36/h4-18,34H,3H2,1-2H3. The van der Waals surface area contributed by atoms with E-state index in [4.69, 9.17) is 9.47 Å². The Kier molecular flexibility index (Phi) is 7.77. The molecule has 214 valence electrons. The number of ether oxygens (including phenoxy) is 2. The Morgan fingerprint density at radius 3 is 2.40 bits per heavy atom. The second kappa shape index (κ2) is 11.5. The molecule has 42 heavy (non-hydrogen) atoms. The summed E-state index contributed by atoms with van der Waals surface area (Å²) in [4.78, 5) is 24.1. The zero-order valence-corrected chi connectivity index (χ0v) is 23.2. The molecule has 0 atom stereocenters. The zero-order valence-electron chi connectivity index (χ0n) is 22.4. The van der Waals surface area contributed by atoms with Gasteiger partial charge in [-0.25, -0.2) is 17.2 Å².